The molecule has 0 aliphatic carbocycles. The maximum absolute atomic E-state index is 11.9. The lowest BCUT2D eigenvalue weighted by Gasteiger charge is -2.14. The molecule has 0 aliphatic heterocycles. The highest BCUT2D eigenvalue weighted by Crippen LogP contribution is 2.31. The van der Waals surface area contributed by atoms with E-state index < -0.39 is 18.4 Å². The molecular weight excluding hydrogens is 250 g/mol. The molecular formula is C13H17NO5. The zero-order chi connectivity index (χ0) is 14.3. The molecule has 6 nitrogen and oxygen atoms in total. The van der Waals surface area contributed by atoms with Crippen LogP contribution in [0.4, 0.5) is 0 Å². The smallest absolute Gasteiger partial charge is 0.322 e. The third kappa shape index (κ3) is 4.17. The van der Waals surface area contributed by atoms with Crippen LogP contribution in [0.25, 0.3) is 0 Å². The number of para-hydroxylation sites is 1. The first-order valence-electron chi connectivity index (χ1n) is 5.90. The quantitative estimate of drug-likeness (QED) is 0.777. The minimum Gasteiger partial charge on any atom is -0.493 e. The number of methoxy groups -OCH3 is 1. The van der Waals surface area contributed by atoms with E-state index in [0.29, 0.717) is 18.1 Å². The summed E-state index contributed by atoms with van der Waals surface area (Å²) in [5, 5.41) is 10.8. The first-order chi connectivity index (χ1) is 9.10. The standard InChI is InChI=1S/C13H17NO5/c1-3-7-19-12-9(5-4-6-10(12)18-2)13(17)14-8-11(15)16/h4-6H,3,7-8H2,1-2H3,(H,14,17)(H,15,16). The van der Waals surface area contributed by atoms with Gasteiger partial charge in [0.2, 0.25) is 0 Å². The molecule has 0 fully saturated rings. The molecule has 6 heteroatoms. The Morgan fingerprint density at radius 3 is 2.68 bits per heavy atom. The molecule has 0 aromatic heterocycles. The molecule has 0 heterocycles. The minimum absolute atomic E-state index is 0.258. The molecule has 104 valence electrons. The van der Waals surface area contributed by atoms with Gasteiger partial charge in [0, 0.05) is 0 Å². The molecule has 1 aromatic carbocycles. The summed E-state index contributed by atoms with van der Waals surface area (Å²) >= 11 is 0. The van der Waals surface area contributed by atoms with Gasteiger partial charge in [0.05, 0.1) is 19.3 Å². The Morgan fingerprint density at radius 1 is 1.37 bits per heavy atom. The van der Waals surface area contributed by atoms with E-state index in [2.05, 4.69) is 5.32 Å². The van der Waals surface area contributed by atoms with Crippen molar-refractivity contribution in [2.75, 3.05) is 20.3 Å². The Bertz CT molecular complexity index is 458. The van der Waals surface area contributed by atoms with Gasteiger partial charge in [-0.25, -0.2) is 0 Å². The van der Waals surface area contributed by atoms with E-state index >= 15 is 0 Å². The van der Waals surface area contributed by atoms with E-state index in [9.17, 15) is 9.59 Å². The maximum atomic E-state index is 11.9. The molecule has 0 bridgehead atoms. The van der Waals surface area contributed by atoms with Crippen LogP contribution in [0, 0.1) is 0 Å². The molecule has 0 atom stereocenters. The molecule has 1 rings (SSSR count). The SMILES string of the molecule is CCCOc1c(OC)cccc1C(=O)NCC(=O)O. The van der Waals surface area contributed by atoms with Crippen LogP contribution in [-0.4, -0.2) is 37.2 Å². The number of rotatable bonds is 7. The topological polar surface area (TPSA) is 84.9 Å². The van der Waals surface area contributed by atoms with Crippen molar-refractivity contribution in [1.29, 1.82) is 0 Å². The zero-order valence-electron chi connectivity index (χ0n) is 10.9. The van der Waals surface area contributed by atoms with Gasteiger partial charge in [0.25, 0.3) is 5.91 Å². The Kier molecular flexibility index (Phi) is 5.66. The van der Waals surface area contributed by atoms with Crippen LogP contribution in [-0.2, 0) is 4.79 Å². The second-order valence-corrected chi connectivity index (χ2v) is 3.76. The number of carboxylic acids is 1. The summed E-state index contributed by atoms with van der Waals surface area (Å²) in [6, 6.07) is 4.89. The molecule has 0 saturated heterocycles. The third-order valence-corrected chi connectivity index (χ3v) is 2.29. The normalized spacial score (nSPS) is 9.79. The van der Waals surface area contributed by atoms with E-state index in [0.717, 1.165) is 6.42 Å². The van der Waals surface area contributed by atoms with Crippen molar-refractivity contribution in [1.82, 2.24) is 5.32 Å². The summed E-state index contributed by atoms with van der Waals surface area (Å²) in [4.78, 5) is 22.3. The lowest BCUT2D eigenvalue weighted by molar-refractivity contribution is -0.135. The van der Waals surface area contributed by atoms with Gasteiger partial charge in [0.1, 0.15) is 6.54 Å². The Labute approximate surface area is 111 Å². The molecule has 0 aliphatic rings. The fourth-order valence-corrected chi connectivity index (χ4v) is 1.46. The van der Waals surface area contributed by atoms with Crippen molar-refractivity contribution >= 4 is 11.9 Å². The molecule has 19 heavy (non-hydrogen) atoms. The molecule has 0 saturated carbocycles. The second-order valence-electron chi connectivity index (χ2n) is 3.76. The van der Waals surface area contributed by atoms with Crippen LogP contribution >= 0.6 is 0 Å². The van der Waals surface area contributed by atoms with E-state index in [1.54, 1.807) is 18.2 Å². The number of benzene rings is 1. The number of aliphatic carboxylic acids is 1. The van der Waals surface area contributed by atoms with Gasteiger partial charge in [-0.2, -0.15) is 0 Å². The fraction of sp³-hybridized carbons (Fsp3) is 0.385. The van der Waals surface area contributed by atoms with Crippen molar-refractivity contribution in [3.63, 3.8) is 0 Å². The highest BCUT2D eigenvalue weighted by molar-refractivity contribution is 5.99. The van der Waals surface area contributed by atoms with Crippen molar-refractivity contribution in [3.05, 3.63) is 23.8 Å². The average Bonchev–Trinajstić information content (AvgIpc) is 2.41. The summed E-state index contributed by atoms with van der Waals surface area (Å²) in [5.74, 6) is -0.842. The first kappa shape index (κ1) is 14.8. The van der Waals surface area contributed by atoms with Crippen LogP contribution in [0.2, 0.25) is 0 Å². The monoisotopic (exact) mass is 267 g/mol. The molecule has 0 spiro atoms. The van der Waals surface area contributed by atoms with E-state index in [-0.39, 0.29) is 5.56 Å². The fourth-order valence-electron chi connectivity index (χ4n) is 1.46. The van der Waals surface area contributed by atoms with E-state index in [4.69, 9.17) is 14.6 Å². The van der Waals surface area contributed by atoms with Gasteiger partial charge in [-0.15, -0.1) is 0 Å². The van der Waals surface area contributed by atoms with Gasteiger partial charge in [0.15, 0.2) is 11.5 Å². The van der Waals surface area contributed by atoms with Crippen LogP contribution in [0.1, 0.15) is 23.7 Å². The highest BCUT2D eigenvalue weighted by Gasteiger charge is 2.17. The first-order valence-corrected chi connectivity index (χ1v) is 5.90. The van der Waals surface area contributed by atoms with Crippen molar-refractivity contribution in [3.8, 4) is 11.5 Å². The van der Waals surface area contributed by atoms with Crippen molar-refractivity contribution in [2.24, 2.45) is 0 Å². The Hall–Kier alpha value is -2.24. The third-order valence-electron chi connectivity index (χ3n) is 2.29. The number of ether oxygens (including phenoxy) is 2. The summed E-state index contributed by atoms with van der Waals surface area (Å²) in [6.07, 6.45) is 0.786. The van der Waals surface area contributed by atoms with Crippen LogP contribution in [0.15, 0.2) is 18.2 Å². The second kappa shape index (κ2) is 7.25. The summed E-state index contributed by atoms with van der Waals surface area (Å²) in [5.41, 5.74) is 0.258. The van der Waals surface area contributed by atoms with Gasteiger partial charge < -0.3 is 19.9 Å². The predicted octanol–water partition coefficient (Wildman–Crippen LogP) is 1.30. The van der Waals surface area contributed by atoms with Gasteiger partial charge >= 0.3 is 5.97 Å². The number of carbonyl (C=O) groups is 2. The number of hydrogen-bond acceptors (Lipinski definition) is 4. The summed E-state index contributed by atoms with van der Waals surface area (Å²) in [6.45, 7) is 1.95. The molecule has 0 unspecified atom stereocenters. The summed E-state index contributed by atoms with van der Waals surface area (Å²) < 4.78 is 10.6. The maximum Gasteiger partial charge on any atom is 0.322 e. The van der Waals surface area contributed by atoms with Crippen LogP contribution in [0.5, 0.6) is 11.5 Å². The van der Waals surface area contributed by atoms with E-state index in [1.165, 1.54) is 7.11 Å². The van der Waals surface area contributed by atoms with Gasteiger partial charge in [-0.3, -0.25) is 9.59 Å². The van der Waals surface area contributed by atoms with Crippen LogP contribution in [0.3, 0.4) is 0 Å². The molecule has 1 amide bonds. The number of amides is 1. The predicted molar refractivity (Wildman–Crippen MR) is 68.7 cm³/mol. The molecule has 2 N–H and O–H groups in total. The number of carboxylic acid groups (broad SMARTS) is 1. The lowest BCUT2D eigenvalue weighted by atomic mass is 10.1. The minimum atomic E-state index is -1.10. The number of nitrogens with one attached hydrogen (secondary N) is 1. The van der Waals surface area contributed by atoms with E-state index in [1.807, 2.05) is 6.92 Å². The highest BCUT2D eigenvalue weighted by atomic mass is 16.5. The Balaban J connectivity index is 2.97. The Morgan fingerprint density at radius 2 is 2.11 bits per heavy atom. The molecule has 0 radical (unpaired) electrons. The van der Waals surface area contributed by atoms with Gasteiger partial charge in [-0.1, -0.05) is 13.0 Å². The van der Waals surface area contributed by atoms with Gasteiger partial charge in [-0.05, 0) is 18.6 Å². The summed E-state index contributed by atoms with van der Waals surface area (Å²) in [7, 11) is 1.48. The molecule has 1 aromatic rings. The van der Waals surface area contributed by atoms with Crippen LogP contribution < -0.4 is 14.8 Å². The van der Waals surface area contributed by atoms with Crippen molar-refractivity contribution < 1.29 is 24.2 Å². The van der Waals surface area contributed by atoms with Crippen molar-refractivity contribution in [2.45, 2.75) is 13.3 Å². The average molecular weight is 267 g/mol. The number of carbonyl (C=O) groups excluding carboxylic acids is 1. The lowest BCUT2D eigenvalue weighted by Crippen LogP contribution is -2.29. The largest absolute Gasteiger partial charge is 0.493 e. The number of hydrogen-bond donors (Lipinski definition) is 2. The zero-order valence-corrected chi connectivity index (χ0v) is 10.9.